The van der Waals surface area contributed by atoms with Gasteiger partial charge in [-0.3, -0.25) is 0 Å². The highest BCUT2D eigenvalue weighted by molar-refractivity contribution is 5.78. The Kier molecular flexibility index (Phi) is 9.50. The monoisotopic (exact) mass is 519 g/mol. The highest BCUT2D eigenvalue weighted by Crippen LogP contribution is 2.48. The van der Waals surface area contributed by atoms with E-state index in [9.17, 15) is 0 Å². The molecule has 0 saturated heterocycles. The van der Waals surface area contributed by atoms with E-state index < -0.39 is 0 Å². The van der Waals surface area contributed by atoms with Gasteiger partial charge in [0.1, 0.15) is 11.5 Å². The minimum atomic E-state index is -0.138. The maximum atomic E-state index is 6.36. The number of nitrogens with zero attached hydrogens (tertiary/aromatic N) is 1. The third kappa shape index (κ3) is 7.09. The Labute approximate surface area is 229 Å². The zero-order valence-electron chi connectivity index (χ0n) is 24.9. The van der Waals surface area contributed by atoms with Crippen molar-refractivity contribution in [3.63, 3.8) is 0 Å². The van der Waals surface area contributed by atoms with Crippen molar-refractivity contribution in [2.45, 2.75) is 72.8 Å². The van der Waals surface area contributed by atoms with Crippen LogP contribution in [0.2, 0.25) is 0 Å². The minimum Gasteiger partial charge on any atom is -0.465 e. The van der Waals surface area contributed by atoms with Crippen molar-refractivity contribution < 1.29 is 18.9 Å². The molecule has 0 fully saturated rings. The molecule has 0 bridgehead atoms. The van der Waals surface area contributed by atoms with E-state index in [1.54, 1.807) is 14.2 Å². The van der Waals surface area contributed by atoms with Crippen molar-refractivity contribution in [1.82, 2.24) is 0 Å². The fraction of sp³-hybridized carbons (Fsp3) is 0.455. The Morgan fingerprint density at radius 1 is 0.632 bits per heavy atom. The third-order valence-corrected chi connectivity index (χ3v) is 6.45. The van der Waals surface area contributed by atoms with Gasteiger partial charge in [0.05, 0.1) is 11.4 Å². The van der Waals surface area contributed by atoms with Gasteiger partial charge in [0.15, 0.2) is 13.6 Å². The highest BCUT2D eigenvalue weighted by Gasteiger charge is 2.30. The lowest BCUT2D eigenvalue weighted by atomic mass is 9.84. The van der Waals surface area contributed by atoms with Crippen molar-refractivity contribution in [1.29, 1.82) is 0 Å². The van der Waals surface area contributed by atoms with Gasteiger partial charge in [-0.05, 0) is 53.5 Å². The van der Waals surface area contributed by atoms with E-state index in [4.69, 9.17) is 18.9 Å². The average Bonchev–Trinajstić information content (AvgIpc) is 2.84. The Morgan fingerprint density at radius 3 is 1.42 bits per heavy atom. The molecule has 0 aliphatic heterocycles. The Bertz CT molecular complexity index is 1130. The molecule has 0 atom stereocenters. The number of benzene rings is 3. The summed E-state index contributed by atoms with van der Waals surface area (Å²) in [5.74, 6) is 1.63. The zero-order valence-corrected chi connectivity index (χ0v) is 24.9. The normalized spacial score (nSPS) is 11.9. The quantitative estimate of drug-likeness (QED) is 0.252. The topological polar surface area (TPSA) is 40.2 Å². The second-order valence-corrected chi connectivity index (χ2v) is 12.0. The SMILES string of the molecule is COCOc1c(N(Cc2ccccc2)c2cc(C)cc(C(C)(C)C)c2OCOC)cc(C)cc1C(C)(C)C. The maximum Gasteiger partial charge on any atom is 0.188 e. The van der Waals surface area contributed by atoms with Crippen LogP contribution in [0.5, 0.6) is 11.5 Å². The molecular weight excluding hydrogens is 474 g/mol. The van der Waals surface area contributed by atoms with E-state index in [-0.39, 0.29) is 24.4 Å². The van der Waals surface area contributed by atoms with E-state index in [0.29, 0.717) is 6.54 Å². The second kappa shape index (κ2) is 12.2. The van der Waals surface area contributed by atoms with E-state index in [1.807, 2.05) is 6.07 Å². The Morgan fingerprint density at radius 2 is 1.05 bits per heavy atom. The summed E-state index contributed by atoms with van der Waals surface area (Å²) < 4.78 is 23.5. The molecular formula is C33H45NO4. The molecule has 0 unspecified atom stereocenters. The van der Waals surface area contributed by atoms with Crippen LogP contribution in [-0.2, 0) is 26.8 Å². The van der Waals surface area contributed by atoms with Gasteiger partial charge in [0.25, 0.3) is 0 Å². The smallest absolute Gasteiger partial charge is 0.188 e. The molecule has 206 valence electrons. The largest absolute Gasteiger partial charge is 0.465 e. The van der Waals surface area contributed by atoms with Crippen molar-refractivity contribution in [3.05, 3.63) is 82.4 Å². The first-order chi connectivity index (χ1) is 17.9. The molecule has 0 aromatic heterocycles. The summed E-state index contributed by atoms with van der Waals surface area (Å²) in [7, 11) is 3.30. The molecule has 0 amide bonds. The number of hydrogen-bond donors (Lipinski definition) is 0. The fourth-order valence-corrected chi connectivity index (χ4v) is 4.63. The summed E-state index contributed by atoms with van der Waals surface area (Å²) in [4.78, 5) is 2.32. The molecule has 38 heavy (non-hydrogen) atoms. The van der Waals surface area contributed by atoms with Crippen LogP contribution in [0.3, 0.4) is 0 Å². The maximum absolute atomic E-state index is 6.36. The molecule has 0 spiro atoms. The van der Waals surface area contributed by atoms with Crippen LogP contribution in [0, 0.1) is 13.8 Å². The number of ether oxygens (including phenoxy) is 4. The Balaban J connectivity index is 2.41. The van der Waals surface area contributed by atoms with Crippen LogP contribution in [0.1, 0.15) is 69.4 Å². The highest BCUT2D eigenvalue weighted by atomic mass is 16.7. The first kappa shape index (κ1) is 29.5. The summed E-state index contributed by atoms with van der Waals surface area (Å²) in [6, 6.07) is 19.3. The van der Waals surface area contributed by atoms with Crippen molar-refractivity contribution in [2.75, 3.05) is 32.7 Å². The molecule has 0 aliphatic carbocycles. The van der Waals surface area contributed by atoms with Crippen LogP contribution < -0.4 is 14.4 Å². The summed E-state index contributed by atoms with van der Waals surface area (Å²) >= 11 is 0. The summed E-state index contributed by atoms with van der Waals surface area (Å²) in [6.07, 6.45) is 0. The molecule has 0 radical (unpaired) electrons. The standard InChI is InChI=1S/C33H45NO4/c1-23-16-26(32(3,4)5)30(37-21-35-9)28(18-23)34(20-25-14-12-11-13-15-25)29-19-24(2)17-27(33(6,7)8)31(29)38-22-36-10/h11-19H,20-22H2,1-10H3. The van der Waals surface area contributed by atoms with E-state index in [1.165, 1.54) is 5.56 Å². The zero-order chi connectivity index (χ0) is 28.1. The van der Waals surface area contributed by atoms with Gasteiger partial charge in [-0.2, -0.15) is 0 Å². The number of anilines is 2. The number of methoxy groups -OCH3 is 2. The number of aryl methyl sites for hydroxylation is 2. The van der Waals surface area contributed by atoms with E-state index in [2.05, 4.69) is 109 Å². The molecule has 0 aliphatic rings. The summed E-state index contributed by atoms with van der Waals surface area (Å²) in [6.45, 7) is 18.5. The third-order valence-electron chi connectivity index (χ3n) is 6.45. The Hall–Kier alpha value is -3.02. The number of hydrogen-bond acceptors (Lipinski definition) is 5. The fourth-order valence-electron chi connectivity index (χ4n) is 4.63. The van der Waals surface area contributed by atoms with Gasteiger partial charge in [-0.15, -0.1) is 0 Å². The van der Waals surface area contributed by atoms with Crippen LogP contribution in [0.25, 0.3) is 0 Å². The van der Waals surface area contributed by atoms with Gasteiger partial charge in [0.2, 0.25) is 0 Å². The molecule has 3 aromatic carbocycles. The van der Waals surface area contributed by atoms with Gasteiger partial charge in [-0.25, -0.2) is 0 Å². The van der Waals surface area contributed by atoms with Crippen molar-refractivity contribution in [2.24, 2.45) is 0 Å². The van der Waals surface area contributed by atoms with E-state index >= 15 is 0 Å². The van der Waals surface area contributed by atoms with Crippen molar-refractivity contribution >= 4 is 11.4 Å². The predicted molar refractivity (Wildman–Crippen MR) is 157 cm³/mol. The van der Waals surface area contributed by atoms with E-state index in [0.717, 1.165) is 45.1 Å². The molecule has 3 aromatic rings. The molecule has 5 heteroatoms. The molecule has 5 nitrogen and oxygen atoms in total. The first-order valence-electron chi connectivity index (χ1n) is 13.2. The molecule has 0 N–H and O–H groups in total. The van der Waals surface area contributed by atoms with Crippen molar-refractivity contribution in [3.8, 4) is 11.5 Å². The van der Waals surface area contributed by atoms with Gasteiger partial charge in [0, 0.05) is 31.9 Å². The summed E-state index contributed by atoms with van der Waals surface area (Å²) in [5.41, 5.74) is 7.44. The second-order valence-electron chi connectivity index (χ2n) is 12.0. The van der Waals surface area contributed by atoms with Gasteiger partial charge < -0.3 is 23.8 Å². The molecule has 3 rings (SSSR count). The van der Waals surface area contributed by atoms with Gasteiger partial charge in [-0.1, -0.05) is 84.0 Å². The minimum absolute atomic E-state index is 0.138. The lowest BCUT2D eigenvalue weighted by Crippen LogP contribution is -2.24. The predicted octanol–water partition coefficient (Wildman–Crippen LogP) is 8.20. The summed E-state index contributed by atoms with van der Waals surface area (Å²) in [5, 5.41) is 0. The number of rotatable bonds is 10. The van der Waals surface area contributed by atoms with Crippen LogP contribution in [-0.4, -0.2) is 27.8 Å². The molecule has 0 saturated carbocycles. The van der Waals surface area contributed by atoms with Gasteiger partial charge >= 0.3 is 0 Å². The first-order valence-corrected chi connectivity index (χ1v) is 13.2. The van der Waals surface area contributed by atoms with Crippen LogP contribution in [0.4, 0.5) is 11.4 Å². The van der Waals surface area contributed by atoms with Crippen LogP contribution >= 0.6 is 0 Å². The lowest BCUT2D eigenvalue weighted by Gasteiger charge is -2.34. The van der Waals surface area contributed by atoms with Crippen LogP contribution in [0.15, 0.2) is 54.6 Å². The molecule has 0 heterocycles. The average molecular weight is 520 g/mol. The lowest BCUT2D eigenvalue weighted by molar-refractivity contribution is 0.0497.